The smallest absolute Gasteiger partial charge is 0.162 e. The van der Waals surface area contributed by atoms with E-state index in [2.05, 4.69) is 25.5 Å². The van der Waals surface area contributed by atoms with Gasteiger partial charge in [-0.15, -0.1) is 0 Å². The maximum atomic E-state index is 5.35. The summed E-state index contributed by atoms with van der Waals surface area (Å²) in [6, 6.07) is 12.1. The summed E-state index contributed by atoms with van der Waals surface area (Å²) in [7, 11) is 1.70. The Hall–Kier alpha value is -3.62. The molecule has 0 unspecified atom stereocenters. The molecule has 3 aromatic heterocycles. The molecule has 0 spiro atoms. The number of rotatable bonds is 7. The zero-order valence-corrected chi connectivity index (χ0v) is 19.9. The van der Waals surface area contributed by atoms with Crippen LogP contribution in [0, 0.1) is 0 Å². The van der Waals surface area contributed by atoms with E-state index in [-0.39, 0.29) is 0 Å². The summed E-state index contributed by atoms with van der Waals surface area (Å²) < 4.78 is 5.35. The largest absolute Gasteiger partial charge is 0.380 e. The van der Waals surface area contributed by atoms with Gasteiger partial charge in [-0.3, -0.25) is 4.98 Å². The fourth-order valence-corrected chi connectivity index (χ4v) is 4.73. The molecule has 1 aromatic carbocycles. The minimum atomic E-state index is 0.529. The monoisotopic (exact) mass is 467 g/mol. The zero-order chi connectivity index (χ0) is 23.6. The molecule has 0 bridgehead atoms. The Morgan fingerprint density at radius 2 is 1.94 bits per heavy atom. The number of methoxy groups -OCH3 is 1. The van der Waals surface area contributed by atoms with Crippen LogP contribution in [-0.2, 0) is 11.3 Å². The van der Waals surface area contributed by atoms with E-state index >= 15 is 0 Å². The number of para-hydroxylation sites is 1. The van der Waals surface area contributed by atoms with Crippen molar-refractivity contribution in [3.63, 3.8) is 0 Å². The molecule has 0 atom stereocenters. The molecule has 4 heterocycles. The van der Waals surface area contributed by atoms with Gasteiger partial charge in [0.05, 0.1) is 18.3 Å². The van der Waals surface area contributed by atoms with Gasteiger partial charge in [-0.05, 0) is 42.5 Å². The number of hydrogen-bond donors (Lipinski definition) is 2. The molecule has 6 rings (SSSR count). The minimum absolute atomic E-state index is 0.529. The van der Waals surface area contributed by atoms with Crippen molar-refractivity contribution in [2.75, 3.05) is 43.5 Å². The lowest BCUT2D eigenvalue weighted by molar-refractivity contribution is 0.185. The number of fused-ring (bicyclic) bond motifs is 1. The van der Waals surface area contributed by atoms with Gasteiger partial charge in [0, 0.05) is 67.9 Å². The van der Waals surface area contributed by atoms with Crippen molar-refractivity contribution in [2.24, 2.45) is 0 Å². The van der Waals surface area contributed by atoms with Gasteiger partial charge in [-0.2, -0.15) is 0 Å². The van der Waals surface area contributed by atoms with E-state index < -0.39 is 0 Å². The van der Waals surface area contributed by atoms with Crippen LogP contribution >= 0.6 is 0 Å². The normalized spacial score (nSPS) is 16.0. The fraction of sp³-hybridized carbons (Fsp3) is 0.333. The predicted molar refractivity (Wildman–Crippen MR) is 138 cm³/mol. The lowest BCUT2D eigenvalue weighted by Crippen LogP contribution is -2.44. The van der Waals surface area contributed by atoms with Crippen molar-refractivity contribution in [1.82, 2.24) is 25.3 Å². The van der Waals surface area contributed by atoms with Crippen molar-refractivity contribution in [2.45, 2.75) is 25.4 Å². The molecule has 35 heavy (non-hydrogen) atoms. The van der Waals surface area contributed by atoms with Crippen molar-refractivity contribution >= 4 is 28.2 Å². The Morgan fingerprint density at radius 3 is 2.77 bits per heavy atom. The van der Waals surface area contributed by atoms with E-state index in [0.717, 1.165) is 65.5 Å². The number of nitrogens with zero attached hydrogens (tertiary/aromatic N) is 5. The SMILES string of the molecule is COCc1ccccc1Nc1cc(-c2nc(N3CCNCC3)c3c(C4CC4)cncc3n2)ccn1. The van der Waals surface area contributed by atoms with Gasteiger partial charge >= 0.3 is 0 Å². The van der Waals surface area contributed by atoms with Gasteiger partial charge in [0.25, 0.3) is 0 Å². The van der Waals surface area contributed by atoms with Crippen LogP contribution in [0.1, 0.15) is 29.9 Å². The Balaban J connectivity index is 1.41. The van der Waals surface area contributed by atoms with Gasteiger partial charge in [0.15, 0.2) is 5.82 Å². The summed E-state index contributed by atoms with van der Waals surface area (Å²) in [5, 5.41) is 8.05. The number of nitrogens with one attached hydrogen (secondary N) is 2. The maximum absolute atomic E-state index is 5.35. The molecule has 4 aromatic rings. The molecule has 0 amide bonds. The molecule has 2 aliphatic rings. The summed E-state index contributed by atoms with van der Waals surface area (Å²) in [5.74, 6) is 3.03. The maximum Gasteiger partial charge on any atom is 0.162 e. The van der Waals surface area contributed by atoms with E-state index in [1.54, 1.807) is 13.3 Å². The molecule has 1 saturated heterocycles. The molecule has 8 nitrogen and oxygen atoms in total. The van der Waals surface area contributed by atoms with Crippen molar-refractivity contribution in [1.29, 1.82) is 0 Å². The molecule has 8 heteroatoms. The van der Waals surface area contributed by atoms with Crippen LogP contribution in [0.2, 0.25) is 0 Å². The standard InChI is InChI=1S/C27H29N7O/c1-35-17-20-4-2-3-5-22(20)31-24-14-19(8-9-30-24)26-32-23-16-29-15-21(18-6-7-18)25(23)27(33-26)34-12-10-28-11-13-34/h2-5,8-9,14-16,18,28H,6-7,10-13,17H2,1H3,(H,30,31). The van der Waals surface area contributed by atoms with Crippen molar-refractivity contribution in [3.05, 3.63) is 66.1 Å². The van der Waals surface area contributed by atoms with E-state index in [9.17, 15) is 0 Å². The number of pyridine rings is 2. The van der Waals surface area contributed by atoms with Gasteiger partial charge in [-0.1, -0.05) is 18.2 Å². The first kappa shape index (κ1) is 21.9. The highest BCUT2D eigenvalue weighted by molar-refractivity contribution is 5.94. The molecule has 1 saturated carbocycles. The number of ether oxygens (including phenoxy) is 1. The number of aromatic nitrogens is 4. The van der Waals surface area contributed by atoms with E-state index in [0.29, 0.717) is 18.3 Å². The van der Waals surface area contributed by atoms with Crippen LogP contribution in [0.5, 0.6) is 0 Å². The van der Waals surface area contributed by atoms with Crippen LogP contribution in [0.15, 0.2) is 55.0 Å². The third kappa shape index (κ3) is 4.54. The average Bonchev–Trinajstić information content (AvgIpc) is 3.75. The van der Waals surface area contributed by atoms with E-state index in [1.165, 1.54) is 18.4 Å². The summed E-state index contributed by atoms with van der Waals surface area (Å²) >= 11 is 0. The number of piperazine rings is 1. The number of benzene rings is 1. The highest BCUT2D eigenvalue weighted by atomic mass is 16.5. The van der Waals surface area contributed by atoms with Crippen LogP contribution in [0.25, 0.3) is 22.3 Å². The number of anilines is 3. The highest BCUT2D eigenvalue weighted by Crippen LogP contribution is 2.44. The van der Waals surface area contributed by atoms with Gasteiger partial charge in [0.2, 0.25) is 0 Å². The average molecular weight is 468 g/mol. The van der Waals surface area contributed by atoms with E-state index in [4.69, 9.17) is 14.7 Å². The lowest BCUT2D eigenvalue weighted by Gasteiger charge is -2.30. The second-order valence-corrected chi connectivity index (χ2v) is 9.15. The summed E-state index contributed by atoms with van der Waals surface area (Å²) in [5.41, 5.74) is 5.16. The molecule has 2 fully saturated rings. The first-order valence-corrected chi connectivity index (χ1v) is 12.2. The molecule has 0 radical (unpaired) electrons. The topological polar surface area (TPSA) is 88.1 Å². The fourth-order valence-electron chi connectivity index (χ4n) is 4.73. The Bertz CT molecular complexity index is 1350. The predicted octanol–water partition coefficient (Wildman–Crippen LogP) is 4.26. The van der Waals surface area contributed by atoms with Crippen molar-refractivity contribution in [3.8, 4) is 11.4 Å². The molecule has 1 aliphatic heterocycles. The number of hydrogen-bond acceptors (Lipinski definition) is 8. The second kappa shape index (κ2) is 9.56. The molecule has 178 valence electrons. The second-order valence-electron chi connectivity index (χ2n) is 9.15. The van der Waals surface area contributed by atoms with Gasteiger partial charge in [0.1, 0.15) is 11.6 Å². The Labute approximate surface area is 204 Å². The third-order valence-electron chi connectivity index (χ3n) is 6.65. The summed E-state index contributed by atoms with van der Waals surface area (Å²) in [4.78, 5) is 21.6. The highest BCUT2D eigenvalue weighted by Gasteiger charge is 2.29. The van der Waals surface area contributed by atoms with Gasteiger partial charge in [-0.25, -0.2) is 15.0 Å². The van der Waals surface area contributed by atoms with Crippen LogP contribution in [0.3, 0.4) is 0 Å². The van der Waals surface area contributed by atoms with E-state index in [1.807, 2.05) is 48.8 Å². The first-order valence-electron chi connectivity index (χ1n) is 12.2. The lowest BCUT2D eigenvalue weighted by atomic mass is 10.1. The summed E-state index contributed by atoms with van der Waals surface area (Å²) in [6.45, 7) is 4.29. The molecular weight excluding hydrogens is 438 g/mol. The van der Waals surface area contributed by atoms with Crippen molar-refractivity contribution < 1.29 is 4.74 Å². The molecular formula is C27H29N7O. The first-order chi connectivity index (χ1) is 17.3. The van der Waals surface area contributed by atoms with Crippen LogP contribution < -0.4 is 15.5 Å². The Morgan fingerprint density at radius 1 is 1.09 bits per heavy atom. The van der Waals surface area contributed by atoms with Crippen LogP contribution in [-0.4, -0.2) is 53.2 Å². The third-order valence-corrected chi connectivity index (χ3v) is 6.65. The zero-order valence-electron chi connectivity index (χ0n) is 19.9. The Kier molecular flexibility index (Phi) is 5.98. The quantitative estimate of drug-likeness (QED) is 0.417. The van der Waals surface area contributed by atoms with Crippen LogP contribution in [0.4, 0.5) is 17.3 Å². The van der Waals surface area contributed by atoms with Gasteiger partial charge < -0.3 is 20.3 Å². The molecule has 1 aliphatic carbocycles. The molecule has 2 N–H and O–H groups in total. The minimum Gasteiger partial charge on any atom is -0.380 e. The summed E-state index contributed by atoms with van der Waals surface area (Å²) in [6.07, 6.45) is 8.12.